The van der Waals surface area contributed by atoms with E-state index in [1.807, 2.05) is 60.7 Å². The van der Waals surface area contributed by atoms with Crippen LogP contribution in [0.4, 0.5) is 0 Å². The fourth-order valence-electron chi connectivity index (χ4n) is 1.11. The predicted molar refractivity (Wildman–Crippen MR) is 63.1 cm³/mol. The third-order valence-corrected chi connectivity index (χ3v) is 1.72. The highest BCUT2D eigenvalue weighted by molar-refractivity contribution is 5.30. The van der Waals surface area contributed by atoms with E-state index in [1.54, 1.807) is 0 Å². The van der Waals surface area contributed by atoms with E-state index in [-0.39, 0.29) is 0 Å². The maximum Gasteiger partial charge on any atom is 0.127 e. The Kier molecular flexibility index (Phi) is 4.98. The van der Waals surface area contributed by atoms with Gasteiger partial charge in [0.1, 0.15) is 11.5 Å². The van der Waals surface area contributed by atoms with Crippen molar-refractivity contribution in [1.82, 2.24) is 0 Å². The van der Waals surface area contributed by atoms with E-state index in [2.05, 4.69) is 5.73 Å². The minimum atomic E-state index is 0.869. The zero-order chi connectivity index (χ0) is 10.9. The SMILES string of the molecule is CN.c1ccc(Oc2ccccc2)cc1. The van der Waals surface area contributed by atoms with Gasteiger partial charge in [0, 0.05) is 0 Å². The third kappa shape index (κ3) is 3.83. The first kappa shape index (κ1) is 11.3. The van der Waals surface area contributed by atoms with Gasteiger partial charge in [-0.2, -0.15) is 0 Å². The molecule has 0 aliphatic carbocycles. The first-order chi connectivity index (χ1) is 7.45. The number of hydrogen-bond acceptors (Lipinski definition) is 2. The highest BCUT2D eigenvalue weighted by Crippen LogP contribution is 2.19. The molecule has 0 atom stereocenters. The van der Waals surface area contributed by atoms with Gasteiger partial charge in [-0.3, -0.25) is 0 Å². The van der Waals surface area contributed by atoms with Crippen LogP contribution < -0.4 is 10.5 Å². The fraction of sp³-hybridized carbons (Fsp3) is 0.0769. The van der Waals surface area contributed by atoms with Crippen LogP contribution >= 0.6 is 0 Å². The van der Waals surface area contributed by atoms with Gasteiger partial charge in [0.05, 0.1) is 0 Å². The molecule has 0 aliphatic heterocycles. The Morgan fingerprint density at radius 3 is 1.33 bits per heavy atom. The van der Waals surface area contributed by atoms with Crippen LogP contribution in [0.15, 0.2) is 60.7 Å². The van der Waals surface area contributed by atoms with E-state index in [0.717, 1.165) is 11.5 Å². The van der Waals surface area contributed by atoms with Crippen molar-refractivity contribution in [2.45, 2.75) is 0 Å². The van der Waals surface area contributed by atoms with Crippen LogP contribution in [0.5, 0.6) is 11.5 Å². The van der Waals surface area contributed by atoms with Gasteiger partial charge in [0.15, 0.2) is 0 Å². The molecule has 0 aromatic heterocycles. The lowest BCUT2D eigenvalue weighted by molar-refractivity contribution is 0.482. The molecule has 0 saturated carbocycles. The summed E-state index contributed by atoms with van der Waals surface area (Å²) in [5, 5.41) is 0. The van der Waals surface area contributed by atoms with Crippen molar-refractivity contribution in [3.8, 4) is 11.5 Å². The summed E-state index contributed by atoms with van der Waals surface area (Å²) in [4.78, 5) is 0. The summed E-state index contributed by atoms with van der Waals surface area (Å²) in [5.74, 6) is 1.74. The number of benzene rings is 2. The Bertz CT molecular complexity index is 321. The molecule has 2 rings (SSSR count). The molecular formula is C13H15NO. The third-order valence-electron chi connectivity index (χ3n) is 1.72. The summed E-state index contributed by atoms with van der Waals surface area (Å²) >= 11 is 0. The van der Waals surface area contributed by atoms with E-state index in [4.69, 9.17) is 4.74 Å². The molecule has 0 unspecified atom stereocenters. The lowest BCUT2D eigenvalue weighted by Crippen LogP contribution is -1.81. The normalized spacial score (nSPS) is 8.67. The van der Waals surface area contributed by atoms with Crippen LogP contribution in [0.2, 0.25) is 0 Å². The summed E-state index contributed by atoms with van der Waals surface area (Å²) in [6, 6.07) is 19.5. The van der Waals surface area contributed by atoms with E-state index in [0.29, 0.717) is 0 Å². The van der Waals surface area contributed by atoms with Gasteiger partial charge < -0.3 is 10.5 Å². The largest absolute Gasteiger partial charge is 0.457 e. The molecular weight excluding hydrogens is 186 g/mol. The second-order valence-corrected chi connectivity index (χ2v) is 2.73. The average Bonchev–Trinajstić information content (AvgIpc) is 2.34. The lowest BCUT2D eigenvalue weighted by Gasteiger charge is -2.03. The molecule has 0 aliphatic rings. The Balaban J connectivity index is 0.000000531. The van der Waals surface area contributed by atoms with E-state index >= 15 is 0 Å². The fourth-order valence-corrected chi connectivity index (χ4v) is 1.11. The van der Waals surface area contributed by atoms with Crippen LogP contribution in [-0.2, 0) is 0 Å². The highest BCUT2D eigenvalue weighted by atomic mass is 16.5. The van der Waals surface area contributed by atoms with E-state index in [1.165, 1.54) is 7.05 Å². The molecule has 0 spiro atoms. The lowest BCUT2D eigenvalue weighted by atomic mass is 10.3. The molecule has 0 amide bonds. The van der Waals surface area contributed by atoms with Crippen LogP contribution in [0, 0.1) is 0 Å². The summed E-state index contributed by atoms with van der Waals surface area (Å²) in [5.41, 5.74) is 4.50. The molecule has 78 valence electrons. The standard InChI is InChI=1S/C12H10O.CH5N/c1-3-7-11(8-4-1)13-12-9-5-2-6-10-12;1-2/h1-10H;2H2,1H3. The second kappa shape index (κ2) is 6.62. The average molecular weight is 201 g/mol. The Labute approximate surface area is 90.3 Å². The summed E-state index contributed by atoms with van der Waals surface area (Å²) in [6.45, 7) is 0. The topological polar surface area (TPSA) is 35.2 Å². The summed E-state index contributed by atoms with van der Waals surface area (Å²) in [7, 11) is 1.50. The van der Waals surface area contributed by atoms with Gasteiger partial charge in [0.25, 0.3) is 0 Å². The number of hydrogen-bond donors (Lipinski definition) is 1. The Morgan fingerprint density at radius 1 is 0.667 bits per heavy atom. The zero-order valence-electron chi connectivity index (χ0n) is 8.76. The maximum atomic E-state index is 5.58. The molecule has 2 N–H and O–H groups in total. The smallest absolute Gasteiger partial charge is 0.127 e. The number of rotatable bonds is 2. The van der Waals surface area contributed by atoms with Gasteiger partial charge in [-0.1, -0.05) is 36.4 Å². The molecule has 2 aromatic rings. The monoisotopic (exact) mass is 201 g/mol. The zero-order valence-corrected chi connectivity index (χ0v) is 8.76. The molecule has 2 heteroatoms. The molecule has 0 saturated heterocycles. The Morgan fingerprint density at radius 2 is 1.00 bits per heavy atom. The molecule has 0 radical (unpaired) electrons. The predicted octanol–water partition coefficient (Wildman–Crippen LogP) is 3.05. The van der Waals surface area contributed by atoms with Crippen LogP contribution in [-0.4, -0.2) is 7.05 Å². The first-order valence-corrected chi connectivity index (χ1v) is 4.81. The summed E-state index contributed by atoms with van der Waals surface area (Å²) in [6.07, 6.45) is 0. The van der Waals surface area contributed by atoms with Crippen molar-refractivity contribution in [2.75, 3.05) is 7.05 Å². The number of ether oxygens (including phenoxy) is 1. The van der Waals surface area contributed by atoms with Gasteiger partial charge in [-0.25, -0.2) is 0 Å². The van der Waals surface area contributed by atoms with Crippen LogP contribution in [0.1, 0.15) is 0 Å². The second-order valence-electron chi connectivity index (χ2n) is 2.73. The van der Waals surface area contributed by atoms with Crippen molar-refractivity contribution in [3.05, 3.63) is 60.7 Å². The molecule has 2 nitrogen and oxygen atoms in total. The quantitative estimate of drug-likeness (QED) is 0.810. The number of nitrogens with two attached hydrogens (primary N) is 1. The molecule has 0 heterocycles. The van der Waals surface area contributed by atoms with Crippen molar-refractivity contribution in [3.63, 3.8) is 0 Å². The number of para-hydroxylation sites is 2. The van der Waals surface area contributed by atoms with E-state index < -0.39 is 0 Å². The van der Waals surface area contributed by atoms with Crippen molar-refractivity contribution >= 4 is 0 Å². The molecule has 15 heavy (non-hydrogen) atoms. The summed E-state index contributed by atoms with van der Waals surface area (Å²) < 4.78 is 5.58. The molecule has 0 bridgehead atoms. The minimum absolute atomic E-state index is 0.869. The molecule has 2 aromatic carbocycles. The van der Waals surface area contributed by atoms with Gasteiger partial charge in [0.2, 0.25) is 0 Å². The van der Waals surface area contributed by atoms with Gasteiger partial charge >= 0.3 is 0 Å². The first-order valence-electron chi connectivity index (χ1n) is 4.81. The van der Waals surface area contributed by atoms with Crippen molar-refractivity contribution in [2.24, 2.45) is 5.73 Å². The highest BCUT2D eigenvalue weighted by Gasteiger charge is 1.92. The van der Waals surface area contributed by atoms with Crippen LogP contribution in [0.3, 0.4) is 0 Å². The molecule has 0 fully saturated rings. The van der Waals surface area contributed by atoms with Crippen LogP contribution in [0.25, 0.3) is 0 Å². The Hall–Kier alpha value is -1.80. The van der Waals surface area contributed by atoms with Crippen molar-refractivity contribution in [1.29, 1.82) is 0 Å². The van der Waals surface area contributed by atoms with E-state index in [9.17, 15) is 0 Å². The maximum absolute atomic E-state index is 5.58. The van der Waals surface area contributed by atoms with Crippen molar-refractivity contribution < 1.29 is 4.74 Å². The van der Waals surface area contributed by atoms with Gasteiger partial charge in [-0.05, 0) is 31.3 Å². The minimum Gasteiger partial charge on any atom is -0.457 e. The van der Waals surface area contributed by atoms with Gasteiger partial charge in [-0.15, -0.1) is 0 Å².